The number of aliphatic hydroxyl groups excluding tert-OH is 1. The maximum atomic E-state index is 13.7. The molecule has 3 aliphatic rings. The van der Waals surface area contributed by atoms with Crippen LogP contribution >= 0.6 is 0 Å². The third-order valence-electron chi connectivity index (χ3n) is 7.92. The van der Waals surface area contributed by atoms with Crippen molar-refractivity contribution < 1.29 is 23.0 Å². The highest BCUT2D eigenvalue weighted by Gasteiger charge is 2.38. The molecule has 3 atom stereocenters. The standard InChI is InChI=1S/C26H42N2O5S/c1-19-15-28(20(2)18-29)34(30,31)26-9-8-23(22-6-4-5-7-22)14-24(26)33-25(19)17-27(3)16-21-10-12-32-13-11-21/h8-9,14,19-22,25,29H,4-7,10-13,15-18H2,1-3H3/t19-,20-,25-/m1/s1. The van der Waals surface area contributed by atoms with Crippen molar-refractivity contribution in [2.45, 2.75) is 75.3 Å². The molecule has 0 spiro atoms. The van der Waals surface area contributed by atoms with Gasteiger partial charge in [-0.05, 0) is 69.2 Å². The molecule has 1 saturated heterocycles. The summed E-state index contributed by atoms with van der Waals surface area (Å²) in [5.74, 6) is 1.54. The lowest BCUT2D eigenvalue weighted by molar-refractivity contribution is 0.0402. The summed E-state index contributed by atoms with van der Waals surface area (Å²) in [6.45, 7) is 7.32. The maximum Gasteiger partial charge on any atom is 0.247 e. The summed E-state index contributed by atoms with van der Waals surface area (Å²) >= 11 is 0. The molecule has 0 unspecified atom stereocenters. The van der Waals surface area contributed by atoms with E-state index in [-0.39, 0.29) is 23.5 Å². The van der Waals surface area contributed by atoms with Crippen molar-refractivity contribution in [3.05, 3.63) is 23.8 Å². The van der Waals surface area contributed by atoms with Crippen molar-refractivity contribution in [3.63, 3.8) is 0 Å². The minimum atomic E-state index is -3.78. The van der Waals surface area contributed by atoms with Crippen LogP contribution in [-0.2, 0) is 14.8 Å². The summed E-state index contributed by atoms with van der Waals surface area (Å²) in [6.07, 6.45) is 6.75. The molecule has 1 aromatic rings. The Labute approximate surface area is 205 Å². The van der Waals surface area contributed by atoms with Crippen molar-refractivity contribution in [1.29, 1.82) is 0 Å². The molecular weight excluding hydrogens is 452 g/mol. The summed E-state index contributed by atoms with van der Waals surface area (Å²) in [7, 11) is -1.65. The van der Waals surface area contributed by atoms with Gasteiger partial charge in [0.1, 0.15) is 16.7 Å². The topological polar surface area (TPSA) is 79.3 Å². The number of aliphatic hydroxyl groups is 1. The predicted octanol–water partition coefficient (Wildman–Crippen LogP) is 3.47. The zero-order valence-electron chi connectivity index (χ0n) is 21.0. The molecule has 0 bridgehead atoms. The fourth-order valence-electron chi connectivity index (χ4n) is 5.72. The summed E-state index contributed by atoms with van der Waals surface area (Å²) in [6, 6.07) is 5.19. The summed E-state index contributed by atoms with van der Waals surface area (Å²) in [5.41, 5.74) is 1.18. The number of fused-ring (bicyclic) bond motifs is 1. The van der Waals surface area contributed by atoms with Gasteiger partial charge in [0.2, 0.25) is 10.0 Å². The average molecular weight is 495 g/mol. The predicted molar refractivity (Wildman–Crippen MR) is 133 cm³/mol. The number of ether oxygens (including phenoxy) is 2. The molecule has 7 nitrogen and oxygen atoms in total. The van der Waals surface area contributed by atoms with Crippen LogP contribution in [0.5, 0.6) is 5.75 Å². The lowest BCUT2D eigenvalue weighted by Gasteiger charge is -2.38. The molecule has 2 aliphatic heterocycles. The summed E-state index contributed by atoms with van der Waals surface area (Å²) < 4.78 is 40.9. The van der Waals surface area contributed by atoms with Gasteiger partial charge < -0.3 is 19.5 Å². The molecule has 1 N–H and O–H groups in total. The Morgan fingerprint density at radius 2 is 1.85 bits per heavy atom. The first-order chi connectivity index (χ1) is 16.3. The van der Waals surface area contributed by atoms with E-state index in [1.165, 1.54) is 22.7 Å². The monoisotopic (exact) mass is 494 g/mol. The molecule has 1 aromatic carbocycles. The first kappa shape index (κ1) is 25.9. The first-order valence-corrected chi connectivity index (χ1v) is 14.4. The van der Waals surface area contributed by atoms with Gasteiger partial charge in [0.15, 0.2) is 0 Å². The number of hydrogen-bond acceptors (Lipinski definition) is 6. The SMILES string of the molecule is C[C@@H]1CN([C@H](C)CO)S(=O)(=O)c2ccc(C3CCCC3)cc2O[C@@H]1CN(C)CC1CCOCC1. The number of sulfonamides is 1. The minimum Gasteiger partial charge on any atom is -0.487 e. The van der Waals surface area contributed by atoms with Crippen molar-refractivity contribution in [2.24, 2.45) is 11.8 Å². The third-order valence-corrected chi connectivity index (χ3v) is 9.94. The maximum absolute atomic E-state index is 13.7. The number of rotatable bonds is 7. The van der Waals surface area contributed by atoms with E-state index in [9.17, 15) is 13.5 Å². The second kappa shape index (κ2) is 11.2. The van der Waals surface area contributed by atoms with Crippen LogP contribution in [0, 0.1) is 11.8 Å². The number of benzene rings is 1. The molecule has 192 valence electrons. The molecule has 2 heterocycles. The lowest BCUT2D eigenvalue weighted by Crippen LogP contribution is -2.50. The fourth-order valence-corrected chi connectivity index (χ4v) is 7.55. The van der Waals surface area contributed by atoms with Gasteiger partial charge in [-0.3, -0.25) is 0 Å². The molecule has 0 amide bonds. The highest BCUT2D eigenvalue weighted by Crippen LogP contribution is 2.39. The Hall–Kier alpha value is -1.19. The molecule has 0 aromatic heterocycles. The van der Waals surface area contributed by atoms with Crippen LogP contribution < -0.4 is 4.74 Å². The smallest absolute Gasteiger partial charge is 0.247 e. The normalized spacial score (nSPS) is 27.7. The second-order valence-electron chi connectivity index (χ2n) is 10.7. The van der Waals surface area contributed by atoms with Gasteiger partial charge >= 0.3 is 0 Å². The molecule has 2 fully saturated rings. The van der Waals surface area contributed by atoms with Gasteiger partial charge in [-0.15, -0.1) is 0 Å². The number of likely N-dealkylation sites (N-methyl/N-ethyl adjacent to an activating group) is 1. The van der Waals surface area contributed by atoms with Crippen LogP contribution in [0.15, 0.2) is 23.1 Å². The van der Waals surface area contributed by atoms with E-state index < -0.39 is 16.1 Å². The van der Waals surface area contributed by atoms with Gasteiger partial charge in [0, 0.05) is 44.8 Å². The van der Waals surface area contributed by atoms with Gasteiger partial charge in [0.25, 0.3) is 0 Å². The van der Waals surface area contributed by atoms with Crippen molar-refractivity contribution >= 4 is 10.0 Å². The molecule has 1 aliphatic carbocycles. The van der Waals surface area contributed by atoms with Crippen molar-refractivity contribution in [3.8, 4) is 5.75 Å². The van der Waals surface area contributed by atoms with Crippen LogP contribution in [0.1, 0.15) is 63.9 Å². The average Bonchev–Trinajstić information content (AvgIpc) is 3.36. The van der Waals surface area contributed by atoms with E-state index >= 15 is 0 Å². The molecule has 34 heavy (non-hydrogen) atoms. The Balaban J connectivity index is 1.63. The van der Waals surface area contributed by atoms with Crippen LogP contribution in [0.4, 0.5) is 0 Å². The molecule has 0 radical (unpaired) electrons. The Morgan fingerprint density at radius 3 is 2.53 bits per heavy atom. The first-order valence-electron chi connectivity index (χ1n) is 13.0. The van der Waals surface area contributed by atoms with Crippen LogP contribution in [0.25, 0.3) is 0 Å². The summed E-state index contributed by atoms with van der Waals surface area (Å²) in [4.78, 5) is 2.55. The van der Waals surface area contributed by atoms with Gasteiger partial charge in [-0.25, -0.2) is 8.42 Å². The molecular formula is C26H42N2O5S. The molecule has 1 saturated carbocycles. The van der Waals surface area contributed by atoms with E-state index in [1.54, 1.807) is 13.0 Å². The van der Waals surface area contributed by atoms with Crippen LogP contribution in [0.3, 0.4) is 0 Å². The van der Waals surface area contributed by atoms with E-state index in [4.69, 9.17) is 9.47 Å². The van der Waals surface area contributed by atoms with E-state index in [0.29, 0.717) is 24.1 Å². The molecule has 4 rings (SSSR count). The number of hydrogen-bond donors (Lipinski definition) is 1. The summed E-state index contributed by atoms with van der Waals surface area (Å²) in [5, 5.41) is 9.84. The van der Waals surface area contributed by atoms with Crippen LogP contribution in [-0.4, -0.2) is 81.4 Å². The van der Waals surface area contributed by atoms with Gasteiger partial charge in [-0.2, -0.15) is 4.31 Å². The Kier molecular flexibility index (Phi) is 8.57. The van der Waals surface area contributed by atoms with Gasteiger partial charge in [-0.1, -0.05) is 25.8 Å². The van der Waals surface area contributed by atoms with Gasteiger partial charge in [0.05, 0.1) is 6.61 Å². The fraction of sp³-hybridized carbons (Fsp3) is 0.769. The van der Waals surface area contributed by atoms with E-state index in [1.807, 2.05) is 12.1 Å². The zero-order chi connectivity index (χ0) is 24.3. The highest BCUT2D eigenvalue weighted by atomic mass is 32.2. The lowest BCUT2D eigenvalue weighted by atomic mass is 9.97. The number of nitrogens with zero attached hydrogens (tertiary/aromatic N) is 2. The molecule has 8 heteroatoms. The zero-order valence-corrected chi connectivity index (χ0v) is 21.8. The quantitative estimate of drug-likeness (QED) is 0.625. The van der Waals surface area contributed by atoms with Crippen LogP contribution in [0.2, 0.25) is 0 Å². The highest BCUT2D eigenvalue weighted by molar-refractivity contribution is 7.89. The Morgan fingerprint density at radius 1 is 1.15 bits per heavy atom. The third kappa shape index (κ3) is 5.78. The second-order valence-corrected chi connectivity index (χ2v) is 12.6. The van der Waals surface area contributed by atoms with Crippen molar-refractivity contribution in [1.82, 2.24) is 9.21 Å². The van der Waals surface area contributed by atoms with Crippen molar-refractivity contribution in [2.75, 3.05) is 46.5 Å². The van der Waals surface area contributed by atoms with E-state index in [0.717, 1.165) is 52.0 Å². The minimum absolute atomic E-state index is 0.0239. The largest absolute Gasteiger partial charge is 0.487 e. The Bertz CT molecular complexity index is 912. The van der Waals surface area contributed by atoms with E-state index in [2.05, 4.69) is 18.9 Å².